The van der Waals surface area contributed by atoms with E-state index >= 15 is 0 Å². The molecule has 1 rings (SSSR count). The molecule has 0 saturated carbocycles. The van der Waals surface area contributed by atoms with Gasteiger partial charge in [-0.05, 0) is 52.0 Å². The van der Waals surface area contributed by atoms with Gasteiger partial charge < -0.3 is 14.5 Å². The number of carbonyl (C=O) groups excluding carboxylic acids is 1. The molecule has 0 aliphatic rings. The van der Waals surface area contributed by atoms with Crippen molar-refractivity contribution in [3.63, 3.8) is 0 Å². The van der Waals surface area contributed by atoms with Crippen LogP contribution in [0.3, 0.4) is 0 Å². The van der Waals surface area contributed by atoms with Gasteiger partial charge in [0.2, 0.25) is 0 Å². The summed E-state index contributed by atoms with van der Waals surface area (Å²) >= 11 is 0. The summed E-state index contributed by atoms with van der Waals surface area (Å²) in [4.78, 5) is 16.5. The standard InChI is InChI=1S/C17H26N2O2.ClH/c1-18(2)12-15(13-19(3)4)17(20)10-9-14-7-6-8-16(11-14)21-5;/h6-11,15H,12-13H2,1-5H3;1H/b10-9+;. The Bertz CT molecular complexity index is 477. The summed E-state index contributed by atoms with van der Waals surface area (Å²) in [6.45, 7) is 1.50. The van der Waals surface area contributed by atoms with Gasteiger partial charge in [0.1, 0.15) is 5.75 Å². The lowest BCUT2D eigenvalue weighted by Crippen LogP contribution is -2.34. The molecule has 0 N–H and O–H groups in total. The normalized spacial score (nSPS) is 11.3. The highest BCUT2D eigenvalue weighted by atomic mass is 35.5. The highest BCUT2D eigenvalue weighted by Crippen LogP contribution is 2.14. The molecule has 124 valence electrons. The highest BCUT2D eigenvalue weighted by Gasteiger charge is 2.17. The minimum absolute atomic E-state index is 0. The van der Waals surface area contributed by atoms with Crippen molar-refractivity contribution in [1.82, 2.24) is 9.80 Å². The molecule has 0 radical (unpaired) electrons. The lowest BCUT2D eigenvalue weighted by Gasteiger charge is -2.22. The van der Waals surface area contributed by atoms with Crippen LogP contribution in [0, 0.1) is 5.92 Å². The minimum Gasteiger partial charge on any atom is -0.497 e. The first-order valence-corrected chi connectivity index (χ1v) is 7.08. The molecule has 0 atom stereocenters. The van der Waals surface area contributed by atoms with Crippen LogP contribution in [-0.4, -0.2) is 64.0 Å². The van der Waals surface area contributed by atoms with Crippen molar-refractivity contribution in [1.29, 1.82) is 0 Å². The molecule has 0 heterocycles. The molecule has 22 heavy (non-hydrogen) atoms. The molecular weight excluding hydrogens is 300 g/mol. The number of allylic oxidation sites excluding steroid dienone is 1. The van der Waals surface area contributed by atoms with E-state index in [2.05, 4.69) is 0 Å². The summed E-state index contributed by atoms with van der Waals surface area (Å²) in [6, 6.07) is 7.68. The average Bonchev–Trinajstić information content (AvgIpc) is 2.43. The van der Waals surface area contributed by atoms with Gasteiger partial charge in [0, 0.05) is 19.0 Å². The zero-order valence-corrected chi connectivity index (χ0v) is 14.9. The van der Waals surface area contributed by atoms with Crippen LogP contribution in [0.4, 0.5) is 0 Å². The van der Waals surface area contributed by atoms with E-state index in [-0.39, 0.29) is 24.1 Å². The molecule has 0 aromatic heterocycles. The maximum absolute atomic E-state index is 12.4. The minimum atomic E-state index is -0.0168. The Balaban J connectivity index is 0.00000441. The van der Waals surface area contributed by atoms with Crippen LogP contribution >= 0.6 is 12.4 Å². The van der Waals surface area contributed by atoms with Gasteiger partial charge in [-0.25, -0.2) is 0 Å². The molecule has 0 aliphatic heterocycles. The second-order valence-corrected chi connectivity index (χ2v) is 5.73. The van der Waals surface area contributed by atoms with Crippen LogP contribution in [0.15, 0.2) is 30.3 Å². The van der Waals surface area contributed by atoms with Crippen molar-refractivity contribution in [2.45, 2.75) is 0 Å². The fourth-order valence-corrected chi connectivity index (χ4v) is 2.18. The van der Waals surface area contributed by atoms with Gasteiger partial charge in [-0.3, -0.25) is 4.79 Å². The predicted molar refractivity (Wildman–Crippen MR) is 94.9 cm³/mol. The van der Waals surface area contributed by atoms with E-state index in [1.54, 1.807) is 13.2 Å². The highest BCUT2D eigenvalue weighted by molar-refractivity contribution is 5.95. The molecule has 0 aliphatic carbocycles. The Kier molecular flexibility index (Phi) is 9.74. The predicted octanol–water partition coefficient (Wildman–Crippen LogP) is 2.44. The number of methoxy groups -OCH3 is 1. The van der Waals surface area contributed by atoms with Gasteiger partial charge in [-0.15, -0.1) is 12.4 Å². The second kappa shape index (κ2) is 10.4. The monoisotopic (exact) mass is 326 g/mol. The van der Waals surface area contributed by atoms with E-state index in [0.29, 0.717) is 0 Å². The van der Waals surface area contributed by atoms with Crippen molar-refractivity contribution < 1.29 is 9.53 Å². The van der Waals surface area contributed by atoms with Gasteiger partial charge in [0.05, 0.1) is 7.11 Å². The van der Waals surface area contributed by atoms with Gasteiger partial charge in [-0.2, -0.15) is 0 Å². The van der Waals surface area contributed by atoms with Crippen LogP contribution < -0.4 is 4.74 Å². The Morgan fingerprint density at radius 2 is 1.77 bits per heavy atom. The van der Waals surface area contributed by atoms with Gasteiger partial charge in [0.25, 0.3) is 0 Å². The van der Waals surface area contributed by atoms with E-state index in [0.717, 1.165) is 24.4 Å². The Morgan fingerprint density at radius 3 is 2.27 bits per heavy atom. The number of hydrogen-bond acceptors (Lipinski definition) is 4. The molecule has 0 spiro atoms. The number of halogens is 1. The van der Waals surface area contributed by atoms with Crippen LogP contribution in [0.2, 0.25) is 0 Å². The summed E-state index contributed by atoms with van der Waals surface area (Å²) < 4.78 is 5.18. The molecule has 0 fully saturated rings. The number of rotatable bonds is 8. The van der Waals surface area contributed by atoms with Crippen molar-refractivity contribution in [2.75, 3.05) is 48.4 Å². The second-order valence-electron chi connectivity index (χ2n) is 5.73. The lowest BCUT2D eigenvalue weighted by molar-refractivity contribution is -0.119. The van der Waals surface area contributed by atoms with Crippen LogP contribution in [0.25, 0.3) is 6.08 Å². The van der Waals surface area contributed by atoms with Crippen molar-refractivity contribution in [3.05, 3.63) is 35.9 Å². The largest absolute Gasteiger partial charge is 0.497 e. The summed E-state index contributed by atoms with van der Waals surface area (Å²) in [5.74, 6) is 0.930. The molecule has 1 aromatic carbocycles. The van der Waals surface area contributed by atoms with Crippen molar-refractivity contribution in [3.8, 4) is 5.75 Å². The van der Waals surface area contributed by atoms with Crippen LogP contribution in [-0.2, 0) is 4.79 Å². The zero-order chi connectivity index (χ0) is 15.8. The number of hydrogen-bond donors (Lipinski definition) is 0. The average molecular weight is 327 g/mol. The number of ether oxygens (including phenoxy) is 1. The number of nitrogens with zero attached hydrogens (tertiary/aromatic N) is 2. The Labute approximate surface area is 140 Å². The molecular formula is C17H27ClN2O2. The number of ketones is 1. The molecule has 0 amide bonds. The molecule has 0 saturated heterocycles. The van der Waals surface area contributed by atoms with E-state index in [9.17, 15) is 4.79 Å². The number of benzene rings is 1. The van der Waals surface area contributed by atoms with Gasteiger partial charge in [0.15, 0.2) is 5.78 Å². The van der Waals surface area contributed by atoms with Crippen LogP contribution in [0.5, 0.6) is 5.75 Å². The molecule has 0 bridgehead atoms. The topological polar surface area (TPSA) is 32.8 Å². The number of carbonyl (C=O) groups is 1. The third kappa shape index (κ3) is 7.59. The first kappa shape index (κ1) is 20.6. The van der Waals surface area contributed by atoms with E-state index in [4.69, 9.17) is 4.74 Å². The first-order valence-electron chi connectivity index (χ1n) is 7.08. The summed E-state index contributed by atoms with van der Waals surface area (Å²) in [5.41, 5.74) is 0.969. The van der Waals surface area contributed by atoms with Crippen molar-refractivity contribution >= 4 is 24.3 Å². The molecule has 4 nitrogen and oxygen atoms in total. The van der Waals surface area contributed by atoms with Gasteiger partial charge >= 0.3 is 0 Å². The fraction of sp³-hybridized carbons (Fsp3) is 0.471. The maximum Gasteiger partial charge on any atom is 0.161 e. The quantitative estimate of drug-likeness (QED) is 0.687. The van der Waals surface area contributed by atoms with Crippen molar-refractivity contribution in [2.24, 2.45) is 5.92 Å². The first-order chi connectivity index (χ1) is 9.92. The maximum atomic E-state index is 12.4. The summed E-state index contributed by atoms with van der Waals surface area (Å²) in [5, 5.41) is 0. The van der Waals surface area contributed by atoms with Gasteiger partial charge in [-0.1, -0.05) is 18.2 Å². The third-order valence-electron chi connectivity index (χ3n) is 3.11. The molecule has 5 heteroatoms. The van der Waals surface area contributed by atoms with E-state index < -0.39 is 0 Å². The molecule has 0 unspecified atom stereocenters. The smallest absolute Gasteiger partial charge is 0.161 e. The summed E-state index contributed by atoms with van der Waals surface area (Å²) in [6.07, 6.45) is 3.52. The Morgan fingerprint density at radius 1 is 1.18 bits per heavy atom. The SMILES string of the molecule is COc1cccc(/C=C/C(=O)C(CN(C)C)CN(C)C)c1.Cl. The zero-order valence-electron chi connectivity index (χ0n) is 14.1. The van der Waals surface area contributed by atoms with E-state index in [1.807, 2.05) is 68.3 Å². The molecule has 1 aromatic rings. The summed E-state index contributed by atoms with van der Waals surface area (Å²) in [7, 11) is 9.59. The van der Waals surface area contributed by atoms with E-state index in [1.165, 1.54) is 0 Å². The fourth-order valence-electron chi connectivity index (χ4n) is 2.18. The third-order valence-corrected chi connectivity index (χ3v) is 3.11. The lowest BCUT2D eigenvalue weighted by atomic mass is 10.0. The van der Waals surface area contributed by atoms with Crippen LogP contribution in [0.1, 0.15) is 5.56 Å². The Hall–Kier alpha value is -1.36.